The standard InChI is InChI=1S/C40H57ClN2O11/c1-28(2)34(25-36(45)54-40(4,5)6)38(47)42-29(3)35(44)24-30-12-14-31(15-13-30)27-53-39(48)43(26-32-10-8-9-11-33(32)37(41)46)16-17-50-20-21-52-23-22-51-19-18-49-7/h8-15,28-29,34H,16-27H2,1-7H3,(H,42,47)/t29-,34-/m0/s1. The van der Waals surface area contributed by atoms with Crippen molar-refractivity contribution in [1.29, 1.82) is 0 Å². The zero-order chi connectivity index (χ0) is 40.1. The number of methoxy groups -OCH3 is 1. The number of halogens is 1. The summed E-state index contributed by atoms with van der Waals surface area (Å²) in [6, 6.07) is 13.0. The van der Waals surface area contributed by atoms with E-state index in [1.165, 1.54) is 4.90 Å². The number of Topliss-reactive ketones (excluding diaryl/α,β-unsaturated/α-hetero) is 1. The van der Waals surface area contributed by atoms with Crippen molar-refractivity contribution in [2.24, 2.45) is 11.8 Å². The molecule has 13 nitrogen and oxygen atoms in total. The highest BCUT2D eigenvalue weighted by Gasteiger charge is 2.30. The van der Waals surface area contributed by atoms with Crippen molar-refractivity contribution in [3.05, 3.63) is 70.8 Å². The van der Waals surface area contributed by atoms with Crippen LogP contribution < -0.4 is 5.32 Å². The third-order valence-electron chi connectivity index (χ3n) is 8.08. The molecule has 300 valence electrons. The van der Waals surface area contributed by atoms with Crippen LogP contribution in [0.25, 0.3) is 0 Å². The highest BCUT2D eigenvalue weighted by atomic mass is 35.5. The van der Waals surface area contributed by atoms with Crippen LogP contribution in [0.3, 0.4) is 0 Å². The van der Waals surface area contributed by atoms with Gasteiger partial charge in [-0.25, -0.2) is 4.79 Å². The summed E-state index contributed by atoms with van der Waals surface area (Å²) in [6.45, 7) is 13.6. The maximum Gasteiger partial charge on any atom is 0.410 e. The molecule has 2 amide bonds. The number of ketones is 1. The Morgan fingerprint density at radius 2 is 1.37 bits per heavy atom. The molecule has 0 aliphatic rings. The molecule has 0 radical (unpaired) electrons. The number of ether oxygens (including phenoxy) is 6. The van der Waals surface area contributed by atoms with Crippen LogP contribution in [0.15, 0.2) is 48.5 Å². The van der Waals surface area contributed by atoms with Gasteiger partial charge in [-0.3, -0.25) is 19.2 Å². The molecule has 0 heterocycles. The van der Waals surface area contributed by atoms with Crippen molar-refractivity contribution in [2.45, 2.75) is 79.2 Å². The molecule has 14 heteroatoms. The van der Waals surface area contributed by atoms with Crippen molar-refractivity contribution >= 4 is 40.6 Å². The third-order valence-corrected chi connectivity index (χ3v) is 8.29. The summed E-state index contributed by atoms with van der Waals surface area (Å²) in [7, 11) is 1.61. The first-order valence-corrected chi connectivity index (χ1v) is 18.5. The van der Waals surface area contributed by atoms with Gasteiger partial charge in [-0.2, -0.15) is 0 Å². The fourth-order valence-corrected chi connectivity index (χ4v) is 5.27. The van der Waals surface area contributed by atoms with Crippen molar-refractivity contribution < 1.29 is 52.4 Å². The van der Waals surface area contributed by atoms with Gasteiger partial charge < -0.3 is 38.6 Å². The van der Waals surface area contributed by atoms with E-state index in [1.54, 1.807) is 83.3 Å². The van der Waals surface area contributed by atoms with Gasteiger partial charge in [0.15, 0.2) is 5.78 Å². The van der Waals surface area contributed by atoms with E-state index in [1.807, 2.05) is 13.8 Å². The Morgan fingerprint density at radius 3 is 1.94 bits per heavy atom. The van der Waals surface area contributed by atoms with Gasteiger partial charge in [-0.15, -0.1) is 0 Å². The molecule has 2 atom stereocenters. The molecule has 0 aliphatic carbocycles. The quantitative estimate of drug-likeness (QED) is 0.0770. The Bertz CT molecular complexity index is 1480. The number of rotatable bonds is 25. The van der Waals surface area contributed by atoms with E-state index >= 15 is 0 Å². The molecule has 54 heavy (non-hydrogen) atoms. The number of nitrogens with zero attached hydrogens (tertiary/aromatic N) is 1. The van der Waals surface area contributed by atoms with Gasteiger partial charge in [0, 0.05) is 32.2 Å². The first kappa shape index (κ1) is 46.3. The lowest BCUT2D eigenvalue weighted by molar-refractivity contribution is -0.158. The van der Waals surface area contributed by atoms with E-state index < -0.39 is 34.9 Å². The maximum atomic E-state index is 13.3. The average Bonchev–Trinajstić information content (AvgIpc) is 3.11. The highest BCUT2D eigenvalue weighted by molar-refractivity contribution is 6.67. The second kappa shape index (κ2) is 24.5. The topological polar surface area (TPSA) is 156 Å². The molecule has 1 N–H and O–H groups in total. The van der Waals surface area contributed by atoms with Crippen LogP contribution in [-0.4, -0.2) is 105 Å². The van der Waals surface area contributed by atoms with Crippen LogP contribution in [0.2, 0.25) is 0 Å². The fraction of sp³-hybridized carbons (Fsp3) is 0.575. The molecule has 2 aromatic carbocycles. The van der Waals surface area contributed by atoms with Gasteiger partial charge in [0.1, 0.15) is 12.2 Å². The van der Waals surface area contributed by atoms with Gasteiger partial charge >= 0.3 is 12.1 Å². The lowest BCUT2D eigenvalue weighted by atomic mass is 9.91. The van der Waals surface area contributed by atoms with Crippen LogP contribution >= 0.6 is 11.6 Å². The van der Waals surface area contributed by atoms with Crippen LogP contribution in [0.4, 0.5) is 4.79 Å². The number of benzene rings is 2. The van der Waals surface area contributed by atoms with E-state index in [4.69, 9.17) is 40.0 Å². The van der Waals surface area contributed by atoms with E-state index in [9.17, 15) is 24.0 Å². The minimum atomic E-state index is -0.773. The predicted octanol–water partition coefficient (Wildman–Crippen LogP) is 5.52. The number of hydrogen-bond donors (Lipinski definition) is 1. The smallest absolute Gasteiger partial charge is 0.410 e. The minimum absolute atomic E-state index is 0.0402. The average molecular weight is 777 g/mol. The molecule has 0 fully saturated rings. The SMILES string of the molecule is COCCOCCOCCOCCN(Cc1ccccc1C(=O)Cl)C(=O)OCc1ccc(CC(=O)[C@H](C)NC(=O)[C@@H](CC(=O)OC(C)(C)C)C(C)C)cc1. The second-order valence-electron chi connectivity index (χ2n) is 14.1. The highest BCUT2D eigenvalue weighted by Crippen LogP contribution is 2.20. The lowest BCUT2D eigenvalue weighted by Gasteiger charge is -2.25. The van der Waals surface area contributed by atoms with E-state index in [2.05, 4.69) is 5.32 Å². The molecular formula is C40H57ClN2O11. The van der Waals surface area contributed by atoms with Crippen LogP contribution in [0.1, 0.15) is 75.0 Å². The van der Waals surface area contributed by atoms with Crippen molar-refractivity contribution in [3.8, 4) is 0 Å². The van der Waals surface area contributed by atoms with Crippen LogP contribution in [0, 0.1) is 11.8 Å². The number of carbonyl (C=O) groups excluding carboxylic acids is 5. The zero-order valence-corrected chi connectivity index (χ0v) is 33.4. The van der Waals surface area contributed by atoms with Gasteiger partial charge in [0.2, 0.25) is 5.91 Å². The third kappa shape index (κ3) is 18.4. The summed E-state index contributed by atoms with van der Waals surface area (Å²) in [5.74, 6) is -1.82. The molecule has 0 aliphatic heterocycles. The minimum Gasteiger partial charge on any atom is -0.460 e. The molecule has 2 aromatic rings. The zero-order valence-electron chi connectivity index (χ0n) is 32.7. The largest absolute Gasteiger partial charge is 0.460 e. The Morgan fingerprint density at radius 1 is 0.796 bits per heavy atom. The van der Waals surface area contributed by atoms with Gasteiger partial charge in [0.25, 0.3) is 5.24 Å². The summed E-state index contributed by atoms with van der Waals surface area (Å²) in [4.78, 5) is 65.2. The van der Waals surface area contributed by atoms with E-state index in [-0.39, 0.29) is 56.8 Å². The predicted molar refractivity (Wildman–Crippen MR) is 203 cm³/mol. The molecule has 0 saturated heterocycles. The van der Waals surface area contributed by atoms with Crippen LogP contribution in [-0.2, 0) is 62.4 Å². The van der Waals surface area contributed by atoms with Crippen molar-refractivity contribution in [1.82, 2.24) is 10.2 Å². The van der Waals surface area contributed by atoms with Crippen molar-refractivity contribution in [3.63, 3.8) is 0 Å². The Labute approximate surface area is 324 Å². The molecule has 2 rings (SSSR count). The number of nitrogens with one attached hydrogen (secondary N) is 1. The number of hydrogen-bond acceptors (Lipinski definition) is 11. The van der Waals surface area contributed by atoms with E-state index in [0.717, 1.165) is 0 Å². The van der Waals surface area contributed by atoms with E-state index in [0.29, 0.717) is 61.9 Å². The van der Waals surface area contributed by atoms with Crippen molar-refractivity contribution in [2.75, 3.05) is 59.9 Å². The first-order chi connectivity index (χ1) is 25.6. The Balaban J connectivity index is 1.92. The molecule has 0 unspecified atom stereocenters. The summed E-state index contributed by atoms with van der Waals surface area (Å²) >= 11 is 5.79. The van der Waals surface area contributed by atoms with Gasteiger partial charge in [-0.05, 0) is 68.0 Å². The fourth-order valence-electron chi connectivity index (χ4n) is 5.09. The Hall–Kier alpha value is -3.88. The maximum absolute atomic E-state index is 13.3. The second-order valence-corrected chi connectivity index (χ2v) is 14.4. The normalized spacial score (nSPS) is 12.5. The van der Waals surface area contributed by atoms with Gasteiger partial charge in [-0.1, -0.05) is 56.3 Å². The number of esters is 1. The molecular weight excluding hydrogens is 720 g/mol. The molecule has 0 spiro atoms. The summed E-state index contributed by atoms with van der Waals surface area (Å²) in [5, 5.41) is 2.13. The Kier molecular flexibility index (Phi) is 21.0. The molecule has 0 bridgehead atoms. The monoisotopic (exact) mass is 776 g/mol. The summed E-state index contributed by atoms with van der Waals surface area (Å²) in [6.07, 6.45) is -0.628. The molecule has 0 saturated carbocycles. The van der Waals surface area contributed by atoms with Crippen LogP contribution in [0.5, 0.6) is 0 Å². The lowest BCUT2D eigenvalue weighted by Crippen LogP contribution is -2.44. The summed E-state index contributed by atoms with van der Waals surface area (Å²) in [5.41, 5.74) is 1.60. The first-order valence-electron chi connectivity index (χ1n) is 18.2. The number of carbonyl (C=O) groups is 5. The summed E-state index contributed by atoms with van der Waals surface area (Å²) < 4.78 is 32.5. The number of amides is 2. The molecule has 0 aromatic heterocycles. The van der Waals surface area contributed by atoms with Gasteiger partial charge in [0.05, 0.1) is 64.6 Å².